The van der Waals surface area contributed by atoms with E-state index in [-0.39, 0.29) is 0 Å². The van der Waals surface area contributed by atoms with Crippen molar-refractivity contribution >= 4 is 5.82 Å². The number of nitrogens with zero attached hydrogens (tertiary/aromatic N) is 2. The zero-order valence-electron chi connectivity index (χ0n) is 11.4. The van der Waals surface area contributed by atoms with Crippen LogP contribution in [0, 0.1) is 0 Å². The number of hydrogen-bond acceptors (Lipinski definition) is 3. The van der Waals surface area contributed by atoms with Gasteiger partial charge in [-0.1, -0.05) is 44.7 Å². The molecule has 1 N–H and O–H groups in total. The minimum absolute atomic E-state index is 0.426. The highest BCUT2D eigenvalue weighted by Gasteiger charge is 2.07. The van der Waals surface area contributed by atoms with Gasteiger partial charge < -0.3 is 5.32 Å². The SMILES string of the molecule is C=CC(=CC=CC)CNc1nnccc1C(C)C. The molecule has 0 aliphatic rings. The molecule has 0 aliphatic heterocycles. The van der Waals surface area contributed by atoms with Gasteiger partial charge in [-0.3, -0.25) is 0 Å². The molecule has 0 aliphatic carbocycles. The Bertz CT molecular complexity index is 445. The molecule has 0 unspecified atom stereocenters. The minimum atomic E-state index is 0.426. The number of nitrogens with one attached hydrogen (secondary N) is 1. The number of aromatic nitrogens is 2. The third-order valence-corrected chi connectivity index (χ3v) is 2.60. The van der Waals surface area contributed by atoms with Crippen LogP contribution >= 0.6 is 0 Å². The molecule has 1 aromatic rings. The van der Waals surface area contributed by atoms with Gasteiger partial charge in [0.2, 0.25) is 0 Å². The second-order valence-corrected chi connectivity index (χ2v) is 4.31. The lowest BCUT2D eigenvalue weighted by atomic mass is 10.1. The number of hydrogen-bond donors (Lipinski definition) is 1. The van der Waals surface area contributed by atoms with Crippen LogP contribution in [0.15, 0.2) is 48.7 Å². The minimum Gasteiger partial charge on any atom is -0.364 e. The van der Waals surface area contributed by atoms with Crippen LogP contribution in [0.3, 0.4) is 0 Å². The zero-order valence-corrected chi connectivity index (χ0v) is 11.4. The Kier molecular flexibility index (Phi) is 5.85. The highest BCUT2D eigenvalue weighted by atomic mass is 15.2. The topological polar surface area (TPSA) is 37.8 Å². The third kappa shape index (κ3) is 4.17. The molecular weight excluding hydrogens is 222 g/mol. The summed E-state index contributed by atoms with van der Waals surface area (Å²) in [6.07, 6.45) is 9.60. The molecule has 0 radical (unpaired) electrons. The molecule has 0 amide bonds. The molecule has 0 aromatic carbocycles. The summed E-state index contributed by atoms with van der Waals surface area (Å²) in [6.45, 7) is 10.8. The lowest BCUT2D eigenvalue weighted by molar-refractivity contribution is 0.842. The lowest BCUT2D eigenvalue weighted by Crippen LogP contribution is -2.09. The standard InChI is InChI=1S/C15H21N3/c1-5-7-8-13(6-2)11-16-15-14(12(3)4)9-10-17-18-15/h5-10,12H,2,11H2,1,3-4H3,(H,16,18). The van der Waals surface area contributed by atoms with E-state index >= 15 is 0 Å². The highest BCUT2D eigenvalue weighted by molar-refractivity contribution is 5.46. The van der Waals surface area contributed by atoms with Gasteiger partial charge in [-0.15, -0.1) is 5.10 Å². The molecule has 0 spiro atoms. The summed E-state index contributed by atoms with van der Waals surface area (Å²) in [5.41, 5.74) is 2.30. The van der Waals surface area contributed by atoms with Crippen molar-refractivity contribution in [1.29, 1.82) is 0 Å². The van der Waals surface area contributed by atoms with Crippen molar-refractivity contribution < 1.29 is 0 Å². The smallest absolute Gasteiger partial charge is 0.152 e. The van der Waals surface area contributed by atoms with Crippen molar-refractivity contribution in [1.82, 2.24) is 10.2 Å². The summed E-state index contributed by atoms with van der Waals surface area (Å²) in [4.78, 5) is 0. The molecule has 96 valence electrons. The van der Waals surface area contributed by atoms with Gasteiger partial charge in [-0.25, -0.2) is 0 Å². The van der Waals surface area contributed by atoms with Gasteiger partial charge in [0, 0.05) is 12.1 Å². The Labute approximate surface area is 109 Å². The Morgan fingerprint density at radius 2 is 2.28 bits per heavy atom. The summed E-state index contributed by atoms with van der Waals surface area (Å²) in [5.74, 6) is 1.27. The maximum Gasteiger partial charge on any atom is 0.152 e. The van der Waals surface area contributed by atoms with Crippen molar-refractivity contribution in [3.05, 3.63) is 54.3 Å². The van der Waals surface area contributed by atoms with Gasteiger partial charge in [0.15, 0.2) is 5.82 Å². The van der Waals surface area contributed by atoms with Gasteiger partial charge in [-0.2, -0.15) is 5.10 Å². The van der Waals surface area contributed by atoms with Crippen LogP contribution in [-0.2, 0) is 0 Å². The van der Waals surface area contributed by atoms with E-state index in [1.165, 1.54) is 5.56 Å². The first kappa shape index (κ1) is 14.2. The van der Waals surface area contributed by atoms with E-state index in [1.54, 1.807) is 6.20 Å². The number of anilines is 1. The molecule has 1 rings (SSSR count). The van der Waals surface area contributed by atoms with Crippen LogP contribution in [0.4, 0.5) is 5.82 Å². The predicted octanol–water partition coefficient (Wildman–Crippen LogP) is 3.70. The van der Waals surface area contributed by atoms with E-state index in [4.69, 9.17) is 0 Å². The highest BCUT2D eigenvalue weighted by Crippen LogP contribution is 2.20. The molecule has 18 heavy (non-hydrogen) atoms. The van der Waals surface area contributed by atoms with E-state index in [1.807, 2.05) is 37.3 Å². The molecule has 3 nitrogen and oxygen atoms in total. The number of rotatable bonds is 6. The predicted molar refractivity (Wildman–Crippen MR) is 77.7 cm³/mol. The van der Waals surface area contributed by atoms with Crippen LogP contribution in [-0.4, -0.2) is 16.7 Å². The Hall–Kier alpha value is -1.90. The first-order valence-electron chi connectivity index (χ1n) is 6.18. The summed E-state index contributed by atoms with van der Waals surface area (Å²) < 4.78 is 0. The Balaban J connectivity index is 2.76. The van der Waals surface area contributed by atoms with Crippen LogP contribution in [0.2, 0.25) is 0 Å². The van der Waals surface area contributed by atoms with E-state index in [0.29, 0.717) is 12.5 Å². The lowest BCUT2D eigenvalue weighted by Gasteiger charge is -2.12. The van der Waals surface area contributed by atoms with Gasteiger partial charge >= 0.3 is 0 Å². The average Bonchev–Trinajstić information content (AvgIpc) is 2.39. The normalized spacial score (nSPS) is 12.1. The van der Waals surface area contributed by atoms with Crippen LogP contribution < -0.4 is 5.32 Å². The fourth-order valence-electron chi connectivity index (χ4n) is 1.55. The van der Waals surface area contributed by atoms with Crippen molar-refractivity contribution in [2.45, 2.75) is 26.7 Å². The summed E-state index contributed by atoms with van der Waals surface area (Å²) >= 11 is 0. The molecule has 0 saturated carbocycles. The zero-order chi connectivity index (χ0) is 13.4. The molecule has 1 aromatic heterocycles. The molecular formula is C15H21N3. The fraction of sp³-hybridized carbons (Fsp3) is 0.333. The van der Waals surface area contributed by atoms with Gasteiger partial charge in [0.05, 0.1) is 6.20 Å². The Morgan fingerprint density at radius 1 is 1.50 bits per heavy atom. The van der Waals surface area contributed by atoms with E-state index in [0.717, 1.165) is 11.4 Å². The summed E-state index contributed by atoms with van der Waals surface area (Å²) in [6, 6.07) is 2.00. The molecule has 3 heteroatoms. The summed E-state index contributed by atoms with van der Waals surface area (Å²) in [7, 11) is 0. The third-order valence-electron chi connectivity index (χ3n) is 2.60. The van der Waals surface area contributed by atoms with E-state index in [2.05, 4.69) is 35.9 Å². The van der Waals surface area contributed by atoms with Crippen LogP contribution in [0.5, 0.6) is 0 Å². The fourth-order valence-corrected chi connectivity index (χ4v) is 1.55. The van der Waals surface area contributed by atoms with Crippen LogP contribution in [0.1, 0.15) is 32.3 Å². The van der Waals surface area contributed by atoms with E-state index < -0.39 is 0 Å². The van der Waals surface area contributed by atoms with Crippen molar-refractivity contribution in [2.75, 3.05) is 11.9 Å². The molecule has 0 bridgehead atoms. The first-order chi connectivity index (χ1) is 8.69. The molecule has 1 heterocycles. The van der Waals surface area contributed by atoms with Crippen LogP contribution in [0.25, 0.3) is 0 Å². The van der Waals surface area contributed by atoms with Crippen molar-refractivity contribution in [2.24, 2.45) is 0 Å². The monoisotopic (exact) mass is 243 g/mol. The van der Waals surface area contributed by atoms with Crippen molar-refractivity contribution in [3.8, 4) is 0 Å². The van der Waals surface area contributed by atoms with E-state index in [9.17, 15) is 0 Å². The summed E-state index contributed by atoms with van der Waals surface area (Å²) in [5, 5.41) is 11.4. The second-order valence-electron chi connectivity index (χ2n) is 4.31. The number of allylic oxidation sites excluding steroid dienone is 3. The Morgan fingerprint density at radius 3 is 2.89 bits per heavy atom. The largest absolute Gasteiger partial charge is 0.364 e. The van der Waals surface area contributed by atoms with Gasteiger partial charge in [0.25, 0.3) is 0 Å². The molecule has 0 fully saturated rings. The molecule has 0 atom stereocenters. The maximum atomic E-state index is 4.15. The van der Waals surface area contributed by atoms with Gasteiger partial charge in [-0.05, 0) is 24.5 Å². The average molecular weight is 243 g/mol. The second kappa shape index (κ2) is 7.43. The quantitative estimate of drug-likeness (QED) is 0.774. The van der Waals surface area contributed by atoms with Gasteiger partial charge in [0.1, 0.15) is 0 Å². The van der Waals surface area contributed by atoms with Crippen molar-refractivity contribution in [3.63, 3.8) is 0 Å². The maximum absolute atomic E-state index is 4.15. The first-order valence-corrected chi connectivity index (χ1v) is 6.18. The molecule has 0 saturated heterocycles.